The van der Waals surface area contributed by atoms with Gasteiger partial charge in [-0.1, -0.05) is 162 Å². The number of hydrogen-bond acceptors (Lipinski definition) is 3. The Morgan fingerprint density at radius 3 is 0.783 bits per heavy atom. The van der Waals surface area contributed by atoms with E-state index in [0.717, 1.165) is 0 Å². The molecule has 0 aromatic carbocycles. The van der Waals surface area contributed by atoms with Gasteiger partial charge in [0.1, 0.15) is 0 Å². The van der Waals surface area contributed by atoms with Crippen molar-refractivity contribution in [2.45, 2.75) is 19.7 Å². The quantitative estimate of drug-likeness (QED) is 0.232. The summed E-state index contributed by atoms with van der Waals surface area (Å²) in [7, 11) is -5.12. The van der Waals surface area contributed by atoms with Crippen molar-refractivity contribution >= 4 is 171 Å². The van der Waals surface area contributed by atoms with Gasteiger partial charge in [-0.3, -0.25) is 0 Å². The molecule has 0 bridgehead atoms. The molecule has 0 amide bonds. The normalized spacial score (nSPS) is 15.9. The van der Waals surface area contributed by atoms with Crippen LogP contribution in [0.5, 0.6) is 0 Å². The third-order valence-corrected chi connectivity index (χ3v) is 10.1. The smallest absolute Gasteiger partial charge is 0.326 e. The molecule has 0 aliphatic carbocycles. The number of halogens is 14. The second-order valence-electron chi connectivity index (χ2n) is 3.27. The van der Waals surface area contributed by atoms with Crippen LogP contribution < -0.4 is 0 Å². The van der Waals surface area contributed by atoms with Crippen LogP contribution in [0.25, 0.3) is 0 Å². The summed E-state index contributed by atoms with van der Waals surface area (Å²) in [6.07, 6.45) is 0. The van der Waals surface area contributed by atoms with Crippen LogP contribution in [0.4, 0.5) is 0 Å². The molecule has 0 unspecified atom stereocenters. The maximum Gasteiger partial charge on any atom is 0.553 e. The summed E-state index contributed by atoms with van der Waals surface area (Å²) < 4.78 is 1.56. The summed E-state index contributed by atoms with van der Waals surface area (Å²) in [6, 6.07) is 0. The highest BCUT2D eigenvalue weighted by atomic mass is 35.6. The molecule has 0 spiro atoms. The number of rotatable bonds is 4. The Balaban J connectivity index is 6.36. The summed E-state index contributed by atoms with van der Waals surface area (Å²) in [5.41, 5.74) is 0. The zero-order chi connectivity index (χ0) is 19.1. The molecule has 0 radical (unpaired) electrons. The molecule has 0 aliphatic heterocycles. The van der Waals surface area contributed by atoms with E-state index in [2.05, 4.69) is 0 Å². The van der Waals surface area contributed by atoms with Gasteiger partial charge in [0.25, 0.3) is 11.9 Å². The standard InChI is InChI=1S/C5Cl14O3Si/c6-1(7,8)2(9,10)23(20-3(11,12)13,21-4(14,15)16)22-5(17,18)19. The molecule has 0 fully saturated rings. The SMILES string of the molecule is ClC(Cl)(Cl)O[Si](OC(Cl)(Cl)Cl)(OC(Cl)(Cl)Cl)C(Cl)(Cl)C(Cl)(Cl)Cl. The van der Waals surface area contributed by atoms with E-state index in [1.54, 1.807) is 0 Å². The van der Waals surface area contributed by atoms with Crippen LogP contribution in [-0.4, -0.2) is 28.5 Å². The van der Waals surface area contributed by atoms with Gasteiger partial charge in [-0.15, -0.1) is 0 Å². The van der Waals surface area contributed by atoms with Crippen molar-refractivity contribution in [3.8, 4) is 0 Å². The molecular formula is C5Cl14O3Si. The van der Waals surface area contributed by atoms with Crippen molar-refractivity contribution < 1.29 is 13.3 Å². The van der Waals surface area contributed by atoms with Crippen LogP contribution in [0.1, 0.15) is 0 Å². The Kier molecular flexibility index (Phi) is 10.5. The van der Waals surface area contributed by atoms with Gasteiger partial charge in [-0.05, 0) is 0 Å². The molecule has 0 aromatic heterocycles. The predicted molar refractivity (Wildman–Crippen MR) is 105 cm³/mol. The van der Waals surface area contributed by atoms with Crippen molar-refractivity contribution in [2.24, 2.45) is 0 Å². The van der Waals surface area contributed by atoms with E-state index in [1.807, 2.05) is 0 Å². The zero-order valence-corrected chi connectivity index (χ0v) is 21.1. The van der Waals surface area contributed by atoms with Crippen LogP contribution in [0.3, 0.4) is 0 Å². The highest BCUT2D eigenvalue weighted by molar-refractivity contribution is 6.95. The molecule has 0 rings (SSSR count). The van der Waals surface area contributed by atoms with Gasteiger partial charge in [0, 0.05) is 0 Å². The largest absolute Gasteiger partial charge is 0.553 e. The van der Waals surface area contributed by atoms with Crippen LogP contribution in [0.15, 0.2) is 0 Å². The molecule has 0 saturated heterocycles. The molecular weight excluding hydrogens is 632 g/mol. The average molecular weight is 632 g/mol. The van der Waals surface area contributed by atoms with E-state index < -0.39 is 28.5 Å². The van der Waals surface area contributed by atoms with Crippen molar-refractivity contribution in [1.82, 2.24) is 0 Å². The molecule has 0 atom stereocenters. The Morgan fingerprint density at radius 2 is 0.652 bits per heavy atom. The second-order valence-corrected chi connectivity index (χ2v) is 16.5. The van der Waals surface area contributed by atoms with Crippen LogP contribution >= 0.6 is 162 Å². The zero-order valence-electron chi connectivity index (χ0n) is 9.52. The minimum absolute atomic E-state index is 2.61. The summed E-state index contributed by atoms with van der Waals surface area (Å²) in [6.45, 7) is 0. The fourth-order valence-electron chi connectivity index (χ4n) is 0.885. The van der Waals surface area contributed by atoms with Gasteiger partial charge >= 0.3 is 8.80 Å². The second kappa shape index (κ2) is 8.89. The molecule has 0 aromatic rings. The highest BCUT2D eigenvalue weighted by Gasteiger charge is 2.75. The fourth-order valence-corrected chi connectivity index (χ4v) is 7.13. The molecule has 18 heteroatoms. The van der Waals surface area contributed by atoms with Crippen molar-refractivity contribution in [1.29, 1.82) is 0 Å². The van der Waals surface area contributed by atoms with Crippen LogP contribution in [-0.2, 0) is 13.3 Å². The predicted octanol–water partition coefficient (Wildman–Crippen LogP) is 8.04. The van der Waals surface area contributed by atoms with Gasteiger partial charge in [0.05, 0.1) is 0 Å². The third kappa shape index (κ3) is 9.47. The Morgan fingerprint density at radius 1 is 0.435 bits per heavy atom. The first-order chi connectivity index (χ1) is 9.62. The van der Waals surface area contributed by atoms with Crippen molar-refractivity contribution in [3.05, 3.63) is 0 Å². The lowest BCUT2D eigenvalue weighted by Crippen LogP contribution is -2.68. The van der Waals surface area contributed by atoms with E-state index in [4.69, 9.17) is 176 Å². The summed E-state index contributed by atoms with van der Waals surface area (Å²) in [5.74, 6) is 0. The van der Waals surface area contributed by atoms with Gasteiger partial charge in [-0.25, -0.2) is 0 Å². The lowest BCUT2D eigenvalue weighted by molar-refractivity contribution is 0.0464. The molecule has 0 aliphatic rings. The summed E-state index contributed by atoms with van der Waals surface area (Å²) in [4.78, 5) is 0. The lowest BCUT2D eigenvalue weighted by Gasteiger charge is -2.44. The Bertz CT molecular complexity index is 362. The topological polar surface area (TPSA) is 27.7 Å². The van der Waals surface area contributed by atoms with Gasteiger partial charge in [0.15, 0.2) is 0 Å². The number of alkyl halides is 14. The van der Waals surface area contributed by atoms with E-state index in [1.165, 1.54) is 0 Å². The molecule has 3 nitrogen and oxygen atoms in total. The van der Waals surface area contributed by atoms with E-state index in [0.29, 0.717) is 0 Å². The fraction of sp³-hybridized carbons (Fsp3) is 1.00. The monoisotopic (exact) mass is 626 g/mol. The third-order valence-electron chi connectivity index (χ3n) is 1.49. The lowest BCUT2D eigenvalue weighted by atomic mass is 10.9. The van der Waals surface area contributed by atoms with Crippen LogP contribution in [0, 0.1) is 0 Å². The first-order valence-corrected chi connectivity index (χ1v) is 11.4. The summed E-state index contributed by atoms with van der Waals surface area (Å²) in [5, 5.41) is 0. The average Bonchev–Trinajstić information content (AvgIpc) is 2.05. The van der Waals surface area contributed by atoms with Gasteiger partial charge in [0.2, 0.25) is 7.75 Å². The first kappa shape index (κ1) is 27.2. The molecule has 140 valence electrons. The molecule has 0 heterocycles. The maximum atomic E-state index is 5.98. The number of hydrogen-bond donors (Lipinski definition) is 0. The Hall–Kier alpha value is 4.16. The van der Waals surface area contributed by atoms with Crippen LogP contribution in [0.2, 0.25) is 0 Å². The minimum atomic E-state index is -5.12. The van der Waals surface area contributed by atoms with E-state index >= 15 is 0 Å². The van der Waals surface area contributed by atoms with E-state index in [9.17, 15) is 0 Å². The summed E-state index contributed by atoms with van der Waals surface area (Å²) >= 11 is 78.6. The Labute approximate surface area is 202 Å². The molecule has 23 heavy (non-hydrogen) atoms. The van der Waals surface area contributed by atoms with Crippen molar-refractivity contribution in [3.63, 3.8) is 0 Å². The van der Waals surface area contributed by atoms with Crippen molar-refractivity contribution in [2.75, 3.05) is 0 Å². The van der Waals surface area contributed by atoms with Gasteiger partial charge < -0.3 is 13.3 Å². The highest BCUT2D eigenvalue weighted by Crippen LogP contribution is 2.57. The van der Waals surface area contributed by atoms with Gasteiger partial charge in [-0.2, -0.15) is 0 Å². The first-order valence-electron chi connectivity index (χ1n) is 4.37. The molecule has 0 saturated carbocycles. The minimum Gasteiger partial charge on any atom is -0.326 e. The molecule has 0 N–H and O–H groups in total. The van der Waals surface area contributed by atoms with E-state index in [-0.39, 0.29) is 0 Å². The maximum absolute atomic E-state index is 5.98.